The van der Waals surface area contributed by atoms with E-state index in [-0.39, 0.29) is 5.91 Å². The third-order valence-corrected chi connectivity index (χ3v) is 8.49. The van der Waals surface area contributed by atoms with Gasteiger partial charge in [0.1, 0.15) is 10.8 Å². The Kier molecular flexibility index (Phi) is 7.02. The van der Waals surface area contributed by atoms with E-state index in [4.69, 9.17) is 9.72 Å². The van der Waals surface area contributed by atoms with Crippen molar-refractivity contribution in [3.63, 3.8) is 0 Å². The molecule has 4 aromatic rings. The number of hydrogen-bond acceptors (Lipinski definition) is 6. The van der Waals surface area contributed by atoms with Gasteiger partial charge in [-0.05, 0) is 62.9 Å². The lowest BCUT2D eigenvalue weighted by molar-refractivity contribution is 0.102. The van der Waals surface area contributed by atoms with Crippen molar-refractivity contribution in [2.24, 2.45) is 5.92 Å². The summed E-state index contributed by atoms with van der Waals surface area (Å²) in [6, 6.07) is 9.97. The summed E-state index contributed by atoms with van der Waals surface area (Å²) in [6.45, 7) is 4.89. The number of nitrogens with one attached hydrogen (secondary N) is 1. The zero-order valence-electron chi connectivity index (χ0n) is 20.3. The molecule has 1 aromatic carbocycles. The number of aryl methyl sites for hydroxylation is 1. The van der Waals surface area contributed by atoms with E-state index in [1.54, 1.807) is 18.4 Å². The van der Waals surface area contributed by atoms with Gasteiger partial charge in [-0.2, -0.15) is 0 Å². The molecular formula is C27H30N4O2S2. The molecule has 35 heavy (non-hydrogen) atoms. The Morgan fingerprint density at radius 1 is 1.09 bits per heavy atom. The van der Waals surface area contributed by atoms with Gasteiger partial charge < -0.3 is 9.30 Å². The number of ether oxygens (including phenoxy) is 1. The molecule has 6 nitrogen and oxygen atoms in total. The predicted octanol–water partition coefficient (Wildman–Crippen LogP) is 7.19. The van der Waals surface area contributed by atoms with Crippen LogP contribution in [0.25, 0.3) is 22.0 Å². The second kappa shape index (κ2) is 10.3. The molecule has 0 spiro atoms. The third-order valence-electron chi connectivity index (χ3n) is 6.72. The van der Waals surface area contributed by atoms with Gasteiger partial charge in [0.2, 0.25) is 0 Å². The van der Waals surface area contributed by atoms with Gasteiger partial charge >= 0.3 is 0 Å². The normalized spacial score (nSPS) is 14.3. The van der Waals surface area contributed by atoms with E-state index in [1.807, 2.05) is 49.6 Å². The van der Waals surface area contributed by atoms with E-state index in [2.05, 4.69) is 20.2 Å². The topological polar surface area (TPSA) is 69.0 Å². The first-order valence-corrected chi connectivity index (χ1v) is 13.8. The molecule has 182 valence electrons. The van der Waals surface area contributed by atoms with E-state index in [0.29, 0.717) is 16.6 Å². The van der Waals surface area contributed by atoms with Gasteiger partial charge in [0.05, 0.1) is 29.8 Å². The molecule has 0 radical (unpaired) electrons. The SMILES string of the molecule is COc1ccc(-c2nc(-c3cc(C(=O)Nc4nc(C)cs4)c(C)n3CC3CCCCC3)cs2)cc1. The fraction of sp³-hybridized carbons (Fsp3) is 0.370. The fourth-order valence-electron chi connectivity index (χ4n) is 4.78. The smallest absolute Gasteiger partial charge is 0.259 e. The Hall–Kier alpha value is -2.97. The average Bonchev–Trinajstić information content (AvgIpc) is 3.60. The summed E-state index contributed by atoms with van der Waals surface area (Å²) in [6.07, 6.45) is 6.38. The lowest BCUT2D eigenvalue weighted by atomic mass is 9.89. The highest BCUT2D eigenvalue weighted by Gasteiger charge is 2.24. The molecule has 3 aromatic heterocycles. The van der Waals surface area contributed by atoms with Crippen LogP contribution < -0.4 is 10.1 Å². The molecule has 0 atom stereocenters. The number of carbonyl (C=O) groups excluding carboxylic acids is 1. The molecule has 1 amide bonds. The minimum absolute atomic E-state index is 0.119. The summed E-state index contributed by atoms with van der Waals surface area (Å²) in [5.41, 5.74) is 5.54. The number of nitrogens with zero attached hydrogens (tertiary/aromatic N) is 3. The van der Waals surface area contributed by atoms with Crippen LogP contribution in [0.1, 0.15) is 53.8 Å². The van der Waals surface area contributed by atoms with Crippen molar-refractivity contribution < 1.29 is 9.53 Å². The van der Waals surface area contributed by atoms with Crippen LogP contribution in [0.4, 0.5) is 5.13 Å². The maximum atomic E-state index is 13.2. The Morgan fingerprint density at radius 2 is 1.86 bits per heavy atom. The van der Waals surface area contributed by atoms with E-state index in [9.17, 15) is 4.79 Å². The number of carbonyl (C=O) groups is 1. The van der Waals surface area contributed by atoms with Crippen LogP contribution in [0, 0.1) is 19.8 Å². The second-order valence-electron chi connectivity index (χ2n) is 9.16. The number of hydrogen-bond donors (Lipinski definition) is 1. The fourth-order valence-corrected chi connectivity index (χ4v) is 6.29. The predicted molar refractivity (Wildman–Crippen MR) is 144 cm³/mol. The molecule has 0 saturated heterocycles. The number of anilines is 1. The molecule has 1 fully saturated rings. The van der Waals surface area contributed by atoms with Gasteiger partial charge in [-0.3, -0.25) is 10.1 Å². The van der Waals surface area contributed by atoms with Gasteiger partial charge in [-0.1, -0.05) is 19.3 Å². The van der Waals surface area contributed by atoms with Gasteiger partial charge in [-0.25, -0.2) is 9.97 Å². The highest BCUT2D eigenvalue weighted by molar-refractivity contribution is 7.14. The summed E-state index contributed by atoms with van der Waals surface area (Å²) < 4.78 is 7.60. The summed E-state index contributed by atoms with van der Waals surface area (Å²) in [5, 5.41) is 8.60. The average molecular weight is 507 g/mol. The van der Waals surface area contributed by atoms with Crippen molar-refractivity contribution in [2.45, 2.75) is 52.5 Å². The van der Waals surface area contributed by atoms with Gasteiger partial charge in [-0.15, -0.1) is 22.7 Å². The number of amides is 1. The van der Waals surface area contributed by atoms with Crippen molar-refractivity contribution in [3.05, 3.63) is 58.0 Å². The standard InChI is InChI=1S/C27H30N4O2S2/c1-17-15-35-27(28-17)30-25(32)22-13-24(31(18(22)2)14-19-7-5-4-6-8-19)23-16-34-26(29-23)20-9-11-21(33-3)12-10-20/h9-13,15-16,19H,4-8,14H2,1-3H3,(H,28,30,32). The van der Waals surface area contributed by atoms with Crippen LogP contribution in [0.15, 0.2) is 41.1 Å². The van der Waals surface area contributed by atoms with Crippen molar-refractivity contribution in [3.8, 4) is 27.7 Å². The Balaban J connectivity index is 1.49. The maximum absolute atomic E-state index is 13.2. The van der Waals surface area contributed by atoms with E-state index in [1.165, 1.54) is 43.4 Å². The van der Waals surface area contributed by atoms with Gasteiger partial charge in [0.25, 0.3) is 5.91 Å². The Bertz CT molecular complexity index is 1310. The zero-order valence-corrected chi connectivity index (χ0v) is 22.0. The summed E-state index contributed by atoms with van der Waals surface area (Å²) in [5.74, 6) is 1.34. The molecule has 1 N–H and O–H groups in total. The number of methoxy groups -OCH3 is 1. The van der Waals surface area contributed by atoms with Crippen LogP contribution in [0.2, 0.25) is 0 Å². The highest BCUT2D eigenvalue weighted by atomic mass is 32.1. The monoisotopic (exact) mass is 506 g/mol. The molecule has 1 aliphatic rings. The van der Waals surface area contributed by atoms with Crippen LogP contribution >= 0.6 is 22.7 Å². The van der Waals surface area contributed by atoms with Crippen LogP contribution in [-0.4, -0.2) is 27.6 Å². The molecular weight excluding hydrogens is 476 g/mol. The molecule has 0 aliphatic heterocycles. The molecule has 0 bridgehead atoms. The number of benzene rings is 1. The van der Waals surface area contributed by atoms with Gasteiger partial charge in [0, 0.05) is 28.6 Å². The van der Waals surface area contributed by atoms with Crippen molar-refractivity contribution in [1.82, 2.24) is 14.5 Å². The van der Waals surface area contributed by atoms with Crippen LogP contribution in [-0.2, 0) is 6.54 Å². The second-order valence-corrected chi connectivity index (χ2v) is 10.9. The lowest BCUT2D eigenvalue weighted by Crippen LogP contribution is -2.17. The molecule has 0 unspecified atom stereocenters. The lowest BCUT2D eigenvalue weighted by Gasteiger charge is -2.24. The van der Waals surface area contributed by atoms with Crippen molar-refractivity contribution >= 4 is 33.7 Å². The highest BCUT2D eigenvalue weighted by Crippen LogP contribution is 2.34. The first kappa shape index (κ1) is 23.8. The van der Waals surface area contributed by atoms with E-state index in [0.717, 1.165) is 45.6 Å². The first-order chi connectivity index (χ1) is 17.0. The van der Waals surface area contributed by atoms with E-state index < -0.39 is 0 Å². The quantitative estimate of drug-likeness (QED) is 0.288. The minimum Gasteiger partial charge on any atom is -0.497 e. The molecule has 5 rings (SSSR count). The molecule has 1 aliphatic carbocycles. The molecule has 3 heterocycles. The van der Waals surface area contributed by atoms with Crippen LogP contribution in [0.3, 0.4) is 0 Å². The van der Waals surface area contributed by atoms with Crippen molar-refractivity contribution in [1.29, 1.82) is 0 Å². The molecule has 8 heteroatoms. The third kappa shape index (κ3) is 5.18. The summed E-state index contributed by atoms with van der Waals surface area (Å²) >= 11 is 3.07. The number of thiazole rings is 2. The number of aromatic nitrogens is 3. The first-order valence-electron chi connectivity index (χ1n) is 12.1. The van der Waals surface area contributed by atoms with Crippen LogP contribution in [0.5, 0.6) is 5.75 Å². The Labute approximate surface area is 214 Å². The minimum atomic E-state index is -0.119. The molecule has 1 saturated carbocycles. The summed E-state index contributed by atoms with van der Waals surface area (Å²) in [4.78, 5) is 22.6. The zero-order chi connectivity index (χ0) is 24.4. The number of rotatable bonds is 7. The largest absolute Gasteiger partial charge is 0.497 e. The summed E-state index contributed by atoms with van der Waals surface area (Å²) in [7, 11) is 1.67. The maximum Gasteiger partial charge on any atom is 0.259 e. The van der Waals surface area contributed by atoms with Gasteiger partial charge in [0.15, 0.2) is 5.13 Å². The van der Waals surface area contributed by atoms with Crippen molar-refractivity contribution in [2.75, 3.05) is 12.4 Å². The van der Waals surface area contributed by atoms with E-state index >= 15 is 0 Å². The Morgan fingerprint density at radius 3 is 2.54 bits per heavy atom.